The van der Waals surface area contributed by atoms with E-state index in [-0.39, 0.29) is 0 Å². The summed E-state index contributed by atoms with van der Waals surface area (Å²) in [5.41, 5.74) is 14.6. The summed E-state index contributed by atoms with van der Waals surface area (Å²) < 4.78 is 0. The lowest BCUT2D eigenvalue weighted by Gasteiger charge is -2.23. The molecule has 0 saturated carbocycles. The SMILES string of the molecule is CCC(CC(CC)c1cccc(-c2cc(-c3cccc(-c4cccnc4)c3)cc(-c3cccc(-c4cccnc4)c3)c2)c1)c1ccccc1. The molecule has 0 amide bonds. The van der Waals surface area contributed by atoms with Gasteiger partial charge < -0.3 is 0 Å². The van der Waals surface area contributed by atoms with Crippen molar-refractivity contribution in [3.63, 3.8) is 0 Å². The maximum Gasteiger partial charge on any atom is 0.0346 e. The number of hydrogen-bond acceptors (Lipinski definition) is 2. The lowest BCUT2D eigenvalue weighted by atomic mass is 9.81. The molecule has 240 valence electrons. The number of rotatable bonds is 11. The Morgan fingerprint density at radius 2 is 0.755 bits per heavy atom. The van der Waals surface area contributed by atoms with Gasteiger partial charge >= 0.3 is 0 Å². The van der Waals surface area contributed by atoms with E-state index >= 15 is 0 Å². The highest BCUT2D eigenvalue weighted by Crippen LogP contribution is 2.38. The fourth-order valence-electron chi connectivity index (χ4n) is 7.07. The van der Waals surface area contributed by atoms with Gasteiger partial charge in [0.1, 0.15) is 0 Å². The highest BCUT2D eigenvalue weighted by Gasteiger charge is 2.18. The third-order valence-electron chi connectivity index (χ3n) is 9.83. The van der Waals surface area contributed by atoms with Crippen LogP contribution in [0.1, 0.15) is 56.1 Å². The van der Waals surface area contributed by atoms with E-state index in [2.05, 4.69) is 157 Å². The Labute approximate surface area is 291 Å². The zero-order valence-electron chi connectivity index (χ0n) is 28.3. The van der Waals surface area contributed by atoms with Gasteiger partial charge in [-0.15, -0.1) is 0 Å². The minimum atomic E-state index is 0.486. The molecule has 0 spiro atoms. The predicted octanol–water partition coefficient (Wildman–Crippen LogP) is 12.9. The highest BCUT2D eigenvalue weighted by atomic mass is 14.6. The fourth-order valence-corrected chi connectivity index (χ4v) is 7.07. The van der Waals surface area contributed by atoms with E-state index in [0.717, 1.165) is 41.5 Å². The van der Waals surface area contributed by atoms with Gasteiger partial charge in [0, 0.05) is 35.9 Å². The Morgan fingerprint density at radius 1 is 0.367 bits per heavy atom. The first kappa shape index (κ1) is 32.0. The molecule has 0 aliphatic rings. The van der Waals surface area contributed by atoms with Gasteiger partial charge in [0.15, 0.2) is 0 Å². The first-order valence-corrected chi connectivity index (χ1v) is 17.5. The normalized spacial score (nSPS) is 12.4. The van der Waals surface area contributed by atoms with Crippen LogP contribution in [-0.4, -0.2) is 9.97 Å². The highest BCUT2D eigenvalue weighted by molar-refractivity contribution is 5.84. The monoisotopic (exact) mass is 634 g/mol. The van der Waals surface area contributed by atoms with Gasteiger partial charge in [0.05, 0.1) is 0 Å². The number of pyridine rings is 2. The van der Waals surface area contributed by atoms with Gasteiger partial charge in [-0.1, -0.05) is 117 Å². The molecule has 7 rings (SSSR count). The van der Waals surface area contributed by atoms with E-state index < -0.39 is 0 Å². The number of nitrogens with zero attached hydrogens (tertiary/aromatic N) is 2. The molecule has 0 bridgehead atoms. The van der Waals surface area contributed by atoms with Crippen molar-refractivity contribution in [1.29, 1.82) is 0 Å². The molecule has 0 radical (unpaired) electrons. The lowest BCUT2D eigenvalue weighted by Crippen LogP contribution is -2.06. The van der Waals surface area contributed by atoms with Gasteiger partial charge in [-0.25, -0.2) is 0 Å². The van der Waals surface area contributed by atoms with Gasteiger partial charge in [0.25, 0.3) is 0 Å². The van der Waals surface area contributed by atoms with Crippen LogP contribution < -0.4 is 0 Å². The molecular weight excluding hydrogens is 593 g/mol. The summed E-state index contributed by atoms with van der Waals surface area (Å²) in [6.07, 6.45) is 10.9. The first-order valence-electron chi connectivity index (χ1n) is 17.5. The molecule has 0 N–H and O–H groups in total. The van der Waals surface area contributed by atoms with Crippen LogP contribution in [0, 0.1) is 0 Å². The second-order valence-electron chi connectivity index (χ2n) is 12.9. The van der Waals surface area contributed by atoms with Gasteiger partial charge in [-0.3, -0.25) is 9.97 Å². The summed E-state index contributed by atoms with van der Waals surface area (Å²) in [6, 6.07) is 53.2. The quantitative estimate of drug-likeness (QED) is 0.141. The molecule has 7 aromatic rings. The van der Waals surface area contributed by atoms with Crippen molar-refractivity contribution >= 4 is 0 Å². The van der Waals surface area contributed by atoms with Gasteiger partial charge in [-0.05, 0) is 129 Å². The summed E-state index contributed by atoms with van der Waals surface area (Å²) >= 11 is 0. The molecule has 2 aromatic heterocycles. The Morgan fingerprint density at radius 3 is 1.22 bits per heavy atom. The van der Waals surface area contributed by atoms with Crippen LogP contribution in [0.2, 0.25) is 0 Å². The van der Waals surface area contributed by atoms with Crippen LogP contribution in [0.5, 0.6) is 0 Å². The smallest absolute Gasteiger partial charge is 0.0346 e. The average Bonchev–Trinajstić information content (AvgIpc) is 3.19. The van der Waals surface area contributed by atoms with Crippen molar-refractivity contribution in [2.45, 2.75) is 44.9 Å². The molecule has 2 atom stereocenters. The largest absolute Gasteiger partial charge is 0.264 e. The van der Waals surface area contributed by atoms with E-state index in [1.165, 1.54) is 44.5 Å². The van der Waals surface area contributed by atoms with Crippen LogP contribution in [-0.2, 0) is 0 Å². The fraction of sp³-hybridized carbons (Fsp3) is 0.149. The summed E-state index contributed by atoms with van der Waals surface area (Å²) in [7, 11) is 0. The molecule has 2 nitrogen and oxygen atoms in total. The van der Waals surface area contributed by atoms with Crippen LogP contribution >= 0.6 is 0 Å². The van der Waals surface area contributed by atoms with E-state index in [4.69, 9.17) is 0 Å². The zero-order chi connectivity index (χ0) is 33.4. The molecule has 5 aromatic carbocycles. The van der Waals surface area contributed by atoms with Crippen LogP contribution in [0.15, 0.2) is 170 Å². The van der Waals surface area contributed by atoms with Crippen molar-refractivity contribution < 1.29 is 0 Å². The van der Waals surface area contributed by atoms with Gasteiger partial charge in [0.2, 0.25) is 0 Å². The molecule has 2 heteroatoms. The molecule has 0 aliphatic carbocycles. The molecular formula is C47H42N2. The maximum atomic E-state index is 4.37. The number of hydrogen-bond donors (Lipinski definition) is 0. The Hall–Kier alpha value is -5.60. The molecule has 0 saturated heterocycles. The molecule has 0 fully saturated rings. The summed E-state index contributed by atoms with van der Waals surface area (Å²) in [4.78, 5) is 8.74. The van der Waals surface area contributed by atoms with Crippen molar-refractivity contribution in [2.24, 2.45) is 0 Å². The van der Waals surface area contributed by atoms with Crippen LogP contribution in [0.4, 0.5) is 0 Å². The Kier molecular flexibility index (Phi) is 9.85. The summed E-state index contributed by atoms with van der Waals surface area (Å²) in [6.45, 7) is 4.65. The Balaban J connectivity index is 1.31. The zero-order valence-corrected chi connectivity index (χ0v) is 28.3. The second-order valence-corrected chi connectivity index (χ2v) is 12.9. The number of benzene rings is 5. The third kappa shape index (κ3) is 7.45. The molecule has 49 heavy (non-hydrogen) atoms. The molecule has 2 heterocycles. The van der Waals surface area contributed by atoms with Crippen molar-refractivity contribution in [1.82, 2.24) is 9.97 Å². The standard InChI is InChI=1S/C47H42N2/c1-3-34(36-13-6-5-7-14-36)25-35(4-2)37-15-8-18-40(26-37)45-29-46(41-19-9-16-38(27-41)43-21-11-23-48-32-43)31-47(30-45)42-20-10-17-39(28-42)44-22-12-24-49-33-44/h5-24,26-35H,3-4,25H2,1-2H3. The molecule has 2 unspecified atom stereocenters. The van der Waals surface area contributed by atoms with Crippen LogP contribution in [0.3, 0.4) is 0 Å². The van der Waals surface area contributed by atoms with E-state index in [1.807, 2.05) is 36.9 Å². The second kappa shape index (κ2) is 15.1. The molecule has 0 aliphatic heterocycles. The number of aromatic nitrogens is 2. The van der Waals surface area contributed by atoms with E-state index in [9.17, 15) is 0 Å². The minimum Gasteiger partial charge on any atom is -0.264 e. The minimum absolute atomic E-state index is 0.486. The predicted molar refractivity (Wildman–Crippen MR) is 206 cm³/mol. The summed E-state index contributed by atoms with van der Waals surface area (Å²) in [5, 5.41) is 0. The summed E-state index contributed by atoms with van der Waals surface area (Å²) in [5.74, 6) is 1.03. The maximum absolute atomic E-state index is 4.37. The van der Waals surface area contributed by atoms with Crippen LogP contribution in [0.25, 0.3) is 55.6 Å². The van der Waals surface area contributed by atoms with Crippen molar-refractivity contribution in [2.75, 3.05) is 0 Å². The van der Waals surface area contributed by atoms with E-state index in [0.29, 0.717) is 11.8 Å². The van der Waals surface area contributed by atoms with E-state index in [1.54, 1.807) is 0 Å². The van der Waals surface area contributed by atoms with Crippen molar-refractivity contribution in [3.05, 3.63) is 182 Å². The lowest BCUT2D eigenvalue weighted by molar-refractivity contribution is 0.509. The Bertz CT molecular complexity index is 2020. The first-order chi connectivity index (χ1) is 24.2. The van der Waals surface area contributed by atoms with Crippen molar-refractivity contribution in [3.8, 4) is 55.6 Å². The topological polar surface area (TPSA) is 25.8 Å². The van der Waals surface area contributed by atoms with Gasteiger partial charge in [-0.2, -0.15) is 0 Å². The third-order valence-corrected chi connectivity index (χ3v) is 9.83. The average molecular weight is 635 g/mol.